The second-order valence-corrected chi connectivity index (χ2v) is 5.73. The van der Waals surface area contributed by atoms with Crippen molar-refractivity contribution in [1.29, 1.82) is 0 Å². The fourth-order valence-corrected chi connectivity index (χ4v) is 2.24. The van der Waals surface area contributed by atoms with Crippen LogP contribution in [0.4, 0.5) is 0 Å². The van der Waals surface area contributed by atoms with Crippen LogP contribution in [0.3, 0.4) is 0 Å². The number of hydrogen-bond acceptors (Lipinski definition) is 3. The number of halogens is 2. The Bertz CT molecular complexity index is 410. The molecule has 102 valence electrons. The standard InChI is InChI=1S/C13H19Cl2NO2/c1-7(2)3-4-11(17)12(16)9-5-8(14)6-10(15)13(9)18/h5-7,11-12,17-18H,3-4,16H2,1-2H3/t11-,12+/m0/s1. The number of hydrogen-bond donors (Lipinski definition) is 3. The molecular formula is C13H19Cl2NO2. The van der Waals surface area contributed by atoms with Gasteiger partial charge in [0.25, 0.3) is 0 Å². The van der Waals surface area contributed by atoms with Crippen molar-refractivity contribution in [3.63, 3.8) is 0 Å². The Hall–Kier alpha value is -0.480. The summed E-state index contributed by atoms with van der Waals surface area (Å²) in [6.07, 6.45) is 0.708. The Morgan fingerprint density at radius 2 is 1.83 bits per heavy atom. The zero-order valence-electron chi connectivity index (χ0n) is 10.5. The Morgan fingerprint density at radius 1 is 1.22 bits per heavy atom. The molecule has 0 unspecified atom stereocenters. The molecule has 0 aliphatic carbocycles. The first-order valence-electron chi connectivity index (χ1n) is 5.94. The summed E-state index contributed by atoms with van der Waals surface area (Å²) in [4.78, 5) is 0. The van der Waals surface area contributed by atoms with Gasteiger partial charge in [0.1, 0.15) is 5.75 Å². The second kappa shape index (κ2) is 6.62. The number of aliphatic hydroxyl groups is 1. The Balaban J connectivity index is 2.86. The molecule has 0 radical (unpaired) electrons. The van der Waals surface area contributed by atoms with Gasteiger partial charge in [-0.3, -0.25) is 0 Å². The number of aliphatic hydroxyl groups excluding tert-OH is 1. The molecule has 4 N–H and O–H groups in total. The number of aromatic hydroxyl groups is 1. The molecule has 0 aromatic heterocycles. The van der Waals surface area contributed by atoms with Gasteiger partial charge in [0.05, 0.1) is 17.2 Å². The lowest BCUT2D eigenvalue weighted by Gasteiger charge is -2.21. The maximum Gasteiger partial charge on any atom is 0.139 e. The highest BCUT2D eigenvalue weighted by Gasteiger charge is 2.22. The average Bonchev–Trinajstić information content (AvgIpc) is 2.29. The third-order valence-corrected chi connectivity index (χ3v) is 3.38. The zero-order chi connectivity index (χ0) is 13.9. The number of phenols is 1. The van der Waals surface area contributed by atoms with Crippen LogP contribution in [0.2, 0.25) is 10.0 Å². The third kappa shape index (κ3) is 4.02. The number of rotatable bonds is 5. The van der Waals surface area contributed by atoms with Gasteiger partial charge >= 0.3 is 0 Å². The van der Waals surface area contributed by atoms with Crippen molar-refractivity contribution < 1.29 is 10.2 Å². The van der Waals surface area contributed by atoms with Gasteiger partial charge in [-0.2, -0.15) is 0 Å². The van der Waals surface area contributed by atoms with E-state index < -0.39 is 12.1 Å². The van der Waals surface area contributed by atoms with E-state index in [1.807, 2.05) is 0 Å². The normalized spacial score (nSPS) is 14.8. The molecule has 18 heavy (non-hydrogen) atoms. The first-order chi connectivity index (χ1) is 8.32. The molecule has 2 atom stereocenters. The van der Waals surface area contributed by atoms with Crippen molar-refractivity contribution >= 4 is 23.2 Å². The van der Waals surface area contributed by atoms with E-state index >= 15 is 0 Å². The minimum absolute atomic E-state index is 0.114. The summed E-state index contributed by atoms with van der Waals surface area (Å²) in [7, 11) is 0. The molecule has 0 aliphatic heterocycles. The highest BCUT2D eigenvalue weighted by atomic mass is 35.5. The van der Waals surface area contributed by atoms with Crippen molar-refractivity contribution in [2.24, 2.45) is 11.7 Å². The Morgan fingerprint density at radius 3 is 2.39 bits per heavy atom. The lowest BCUT2D eigenvalue weighted by atomic mass is 9.95. The fourth-order valence-electron chi connectivity index (χ4n) is 1.73. The van der Waals surface area contributed by atoms with Gasteiger partial charge in [-0.05, 0) is 30.9 Å². The molecule has 5 heteroatoms. The van der Waals surface area contributed by atoms with Gasteiger partial charge in [-0.25, -0.2) is 0 Å². The molecule has 0 saturated carbocycles. The van der Waals surface area contributed by atoms with Crippen molar-refractivity contribution in [3.05, 3.63) is 27.7 Å². The Labute approximate surface area is 118 Å². The summed E-state index contributed by atoms with van der Waals surface area (Å²) in [6.45, 7) is 4.15. The van der Waals surface area contributed by atoms with Gasteiger partial charge in [-0.15, -0.1) is 0 Å². The van der Waals surface area contributed by atoms with Crippen LogP contribution >= 0.6 is 23.2 Å². The van der Waals surface area contributed by atoms with Gasteiger partial charge in [-0.1, -0.05) is 37.0 Å². The van der Waals surface area contributed by atoms with Crippen LogP contribution in [0.5, 0.6) is 5.75 Å². The van der Waals surface area contributed by atoms with Gasteiger partial charge in [0, 0.05) is 10.6 Å². The molecular weight excluding hydrogens is 273 g/mol. The lowest BCUT2D eigenvalue weighted by molar-refractivity contribution is 0.127. The summed E-state index contributed by atoms with van der Waals surface area (Å²) in [5.74, 6) is 0.376. The molecule has 1 aromatic rings. The molecule has 0 spiro atoms. The van der Waals surface area contributed by atoms with Crippen molar-refractivity contribution in [1.82, 2.24) is 0 Å². The molecule has 0 heterocycles. The highest BCUT2D eigenvalue weighted by molar-refractivity contribution is 6.35. The molecule has 0 aliphatic rings. The minimum atomic E-state index is -0.729. The van der Waals surface area contributed by atoms with Crippen LogP contribution in [0.15, 0.2) is 12.1 Å². The first-order valence-corrected chi connectivity index (χ1v) is 6.70. The summed E-state index contributed by atoms with van der Waals surface area (Å²) >= 11 is 11.7. The van der Waals surface area contributed by atoms with Crippen LogP contribution < -0.4 is 5.73 Å². The maximum atomic E-state index is 10.0. The zero-order valence-corrected chi connectivity index (χ0v) is 12.0. The van der Waals surface area contributed by atoms with Gasteiger partial charge in [0.15, 0.2) is 0 Å². The smallest absolute Gasteiger partial charge is 0.139 e. The quantitative estimate of drug-likeness (QED) is 0.778. The van der Waals surface area contributed by atoms with Crippen molar-refractivity contribution in [3.8, 4) is 5.75 Å². The second-order valence-electron chi connectivity index (χ2n) is 4.89. The molecule has 0 fully saturated rings. The Kier molecular flexibility index (Phi) is 5.73. The topological polar surface area (TPSA) is 66.5 Å². The van der Waals surface area contributed by atoms with Crippen molar-refractivity contribution in [2.75, 3.05) is 0 Å². The van der Waals surface area contributed by atoms with Gasteiger partial charge < -0.3 is 15.9 Å². The third-order valence-electron chi connectivity index (χ3n) is 2.87. The van der Waals surface area contributed by atoms with E-state index in [1.165, 1.54) is 12.1 Å². The van der Waals surface area contributed by atoms with Crippen LogP contribution in [0, 0.1) is 5.92 Å². The van der Waals surface area contributed by atoms with Gasteiger partial charge in [0.2, 0.25) is 0 Å². The predicted molar refractivity (Wildman–Crippen MR) is 75.1 cm³/mol. The van der Waals surface area contributed by atoms with Crippen molar-refractivity contribution in [2.45, 2.75) is 38.8 Å². The number of phenolic OH excluding ortho intramolecular Hbond substituents is 1. The summed E-state index contributed by atoms with van der Waals surface area (Å²) in [5.41, 5.74) is 6.31. The van der Waals surface area contributed by atoms with E-state index in [1.54, 1.807) is 0 Å². The summed E-state index contributed by atoms with van der Waals surface area (Å²) < 4.78 is 0. The molecule has 1 aromatic carbocycles. The molecule has 1 rings (SSSR count). The van der Waals surface area contributed by atoms with E-state index in [0.717, 1.165) is 6.42 Å². The van der Waals surface area contributed by atoms with E-state index in [-0.39, 0.29) is 10.8 Å². The van der Waals surface area contributed by atoms with E-state index in [2.05, 4.69) is 13.8 Å². The van der Waals surface area contributed by atoms with Crippen LogP contribution in [-0.4, -0.2) is 16.3 Å². The molecule has 3 nitrogen and oxygen atoms in total. The predicted octanol–water partition coefficient (Wildman–Crippen LogP) is 3.50. The fraction of sp³-hybridized carbons (Fsp3) is 0.538. The van der Waals surface area contributed by atoms with Crippen LogP contribution in [0.1, 0.15) is 38.3 Å². The van der Waals surface area contributed by atoms with Crippen LogP contribution in [0.25, 0.3) is 0 Å². The summed E-state index contributed by atoms with van der Waals surface area (Å²) in [6, 6.07) is 2.28. The number of benzene rings is 1. The highest BCUT2D eigenvalue weighted by Crippen LogP contribution is 2.35. The molecule has 0 saturated heterocycles. The van der Waals surface area contributed by atoms with E-state index in [4.69, 9.17) is 28.9 Å². The SMILES string of the molecule is CC(C)CC[C@H](O)[C@H](N)c1cc(Cl)cc(Cl)c1O. The molecule has 0 amide bonds. The average molecular weight is 292 g/mol. The molecule has 0 bridgehead atoms. The largest absolute Gasteiger partial charge is 0.506 e. The first kappa shape index (κ1) is 15.6. The maximum absolute atomic E-state index is 10.0. The van der Waals surface area contributed by atoms with E-state index in [0.29, 0.717) is 22.9 Å². The van der Waals surface area contributed by atoms with Crippen LogP contribution in [-0.2, 0) is 0 Å². The number of nitrogens with two attached hydrogens (primary N) is 1. The monoisotopic (exact) mass is 291 g/mol. The summed E-state index contributed by atoms with van der Waals surface area (Å²) in [5, 5.41) is 20.4. The van der Waals surface area contributed by atoms with E-state index in [9.17, 15) is 10.2 Å². The lowest BCUT2D eigenvalue weighted by Crippen LogP contribution is -2.26. The minimum Gasteiger partial charge on any atom is -0.506 e.